The minimum Gasteiger partial charge on any atom is -0.493 e. The Labute approximate surface area is 216 Å². The zero-order valence-electron chi connectivity index (χ0n) is 18.0. The lowest BCUT2D eigenvalue weighted by Gasteiger charge is -2.12. The fraction of sp³-hybridized carbons (Fsp3) is 0.0417. The van der Waals surface area contributed by atoms with E-state index in [1.807, 2.05) is 6.07 Å². The maximum absolute atomic E-state index is 12.7. The van der Waals surface area contributed by atoms with Crippen molar-refractivity contribution in [3.63, 3.8) is 0 Å². The van der Waals surface area contributed by atoms with Gasteiger partial charge in [-0.3, -0.25) is 14.9 Å². The molecule has 1 N–H and O–H groups in total. The molecule has 0 radical (unpaired) electrons. The molecule has 0 saturated heterocycles. The van der Waals surface area contributed by atoms with Crippen molar-refractivity contribution in [2.75, 3.05) is 12.4 Å². The molecule has 3 aromatic rings. The van der Waals surface area contributed by atoms with Crippen molar-refractivity contribution >= 4 is 61.2 Å². The Hall–Kier alpha value is -4.01. The van der Waals surface area contributed by atoms with Crippen LogP contribution in [0.1, 0.15) is 15.9 Å². The van der Waals surface area contributed by atoms with Crippen LogP contribution in [-0.2, 0) is 4.79 Å². The van der Waals surface area contributed by atoms with Gasteiger partial charge < -0.3 is 14.8 Å². The maximum Gasteiger partial charge on any atom is 0.343 e. The zero-order chi connectivity index (χ0) is 25.5. The fourth-order valence-electron chi connectivity index (χ4n) is 2.87. The van der Waals surface area contributed by atoms with Gasteiger partial charge in [-0.2, -0.15) is 5.26 Å². The van der Waals surface area contributed by atoms with E-state index in [1.165, 1.54) is 37.5 Å². The van der Waals surface area contributed by atoms with Crippen LogP contribution in [0.4, 0.5) is 11.4 Å². The number of ether oxygens (including phenoxy) is 2. The second kappa shape index (κ2) is 11.4. The van der Waals surface area contributed by atoms with E-state index in [0.717, 1.165) is 0 Å². The third-order valence-corrected chi connectivity index (χ3v) is 5.79. The second-order valence-corrected chi connectivity index (χ2v) is 8.54. The summed E-state index contributed by atoms with van der Waals surface area (Å²) in [6.07, 6.45) is 1.32. The predicted molar refractivity (Wildman–Crippen MR) is 135 cm³/mol. The number of nitro benzene ring substituents is 1. The van der Waals surface area contributed by atoms with E-state index in [1.54, 1.807) is 36.4 Å². The molecule has 3 aromatic carbocycles. The first kappa shape index (κ1) is 25.6. The normalized spacial score (nSPS) is 10.7. The van der Waals surface area contributed by atoms with E-state index in [-0.39, 0.29) is 32.9 Å². The molecule has 1 amide bonds. The summed E-state index contributed by atoms with van der Waals surface area (Å²) in [6.45, 7) is 0. The van der Waals surface area contributed by atoms with Crippen molar-refractivity contribution in [2.24, 2.45) is 0 Å². The summed E-state index contributed by atoms with van der Waals surface area (Å²) in [5, 5.41) is 22.9. The summed E-state index contributed by atoms with van der Waals surface area (Å²) in [7, 11) is 1.39. The Kier molecular flexibility index (Phi) is 8.35. The van der Waals surface area contributed by atoms with E-state index >= 15 is 0 Å². The number of halogens is 2. The predicted octanol–water partition coefficient (Wildman–Crippen LogP) is 5.89. The molecule has 0 aliphatic carbocycles. The summed E-state index contributed by atoms with van der Waals surface area (Å²) in [5.41, 5.74) is 0.631. The molecule has 9 nitrogen and oxygen atoms in total. The van der Waals surface area contributed by atoms with Gasteiger partial charge in [0.2, 0.25) is 0 Å². The number of nitrogens with zero attached hydrogens (tertiary/aromatic N) is 2. The van der Waals surface area contributed by atoms with E-state index in [2.05, 4.69) is 37.2 Å². The van der Waals surface area contributed by atoms with E-state index in [4.69, 9.17) is 9.47 Å². The number of anilines is 1. The molecule has 0 saturated carbocycles. The summed E-state index contributed by atoms with van der Waals surface area (Å²) in [6, 6.07) is 17.1. The Bertz CT molecular complexity index is 1380. The monoisotopic (exact) mass is 599 g/mol. The van der Waals surface area contributed by atoms with Crippen molar-refractivity contribution in [1.82, 2.24) is 0 Å². The van der Waals surface area contributed by atoms with Crippen molar-refractivity contribution in [3.05, 3.63) is 96.4 Å². The van der Waals surface area contributed by atoms with Gasteiger partial charge in [0.1, 0.15) is 11.6 Å². The van der Waals surface area contributed by atoms with Crippen LogP contribution in [0.15, 0.2) is 75.2 Å². The number of carbonyl (C=O) groups is 2. The van der Waals surface area contributed by atoms with Crippen LogP contribution < -0.4 is 14.8 Å². The zero-order valence-corrected chi connectivity index (χ0v) is 21.1. The Morgan fingerprint density at radius 2 is 1.80 bits per heavy atom. The number of benzene rings is 3. The van der Waals surface area contributed by atoms with E-state index < -0.39 is 16.8 Å². The van der Waals surface area contributed by atoms with Crippen LogP contribution in [-0.4, -0.2) is 23.9 Å². The molecule has 3 rings (SSSR count). The summed E-state index contributed by atoms with van der Waals surface area (Å²) >= 11 is 6.51. The number of esters is 1. The molecule has 176 valence electrons. The number of hydrogen-bond acceptors (Lipinski definition) is 7. The highest BCUT2D eigenvalue weighted by Crippen LogP contribution is 2.38. The van der Waals surface area contributed by atoms with Crippen LogP contribution >= 0.6 is 31.9 Å². The highest BCUT2D eigenvalue weighted by Gasteiger charge is 2.18. The molecule has 0 aliphatic heterocycles. The molecule has 35 heavy (non-hydrogen) atoms. The van der Waals surface area contributed by atoms with Crippen molar-refractivity contribution in [3.8, 4) is 17.6 Å². The number of nitriles is 1. The largest absolute Gasteiger partial charge is 0.493 e. The fourth-order valence-corrected chi connectivity index (χ4v) is 3.88. The number of methoxy groups -OCH3 is 1. The standard InChI is InChI=1S/C24H15Br2N3O6/c1-34-21-11-14(10-19(26)22(21)35-24(31)15-5-3-2-4-6-15)9-16(13-27)23(30)28-20-8-7-17(29(32)33)12-18(20)25/h2-12H,1H3,(H,28,30). The molecule has 0 aromatic heterocycles. The lowest BCUT2D eigenvalue weighted by molar-refractivity contribution is -0.384. The molecule has 0 fully saturated rings. The second-order valence-electron chi connectivity index (χ2n) is 6.83. The van der Waals surface area contributed by atoms with Crippen LogP contribution in [0.3, 0.4) is 0 Å². The van der Waals surface area contributed by atoms with Gasteiger partial charge in [-0.15, -0.1) is 0 Å². The first-order valence-electron chi connectivity index (χ1n) is 9.75. The summed E-state index contributed by atoms with van der Waals surface area (Å²) in [5.74, 6) is -0.975. The molecular weight excluding hydrogens is 586 g/mol. The van der Waals surface area contributed by atoms with Crippen molar-refractivity contribution < 1.29 is 24.0 Å². The molecule has 11 heteroatoms. The molecule has 0 bridgehead atoms. The maximum atomic E-state index is 12.7. The minimum absolute atomic E-state index is 0.135. The van der Waals surface area contributed by atoms with Gasteiger partial charge in [0.15, 0.2) is 11.5 Å². The molecule has 0 aliphatic rings. The molecule has 0 unspecified atom stereocenters. The third-order valence-electron chi connectivity index (χ3n) is 4.54. The molecule has 0 atom stereocenters. The Balaban J connectivity index is 1.86. The number of non-ortho nitro benzene ring substituents is 1. The smallest absolute Gasteiger partial charge is 0.343 e. The average Bonchev–Trinajstić information content (AvgIpc) is 2.85. The van der Waals surface area contributed by atoms with Crippen LogP contribution in [0, 0.1) is 21.4 Å². The van der Waals surface area contributed by atoms with Gasteiger partial charge in [0.25, 0.3) is 11.6 Å². The van der Waals surface area contributed by atoms with Gasteiger partial charge in [-0.25, -0.2) is 4.79 Å². The van der Waals surface area contributed by atoms with Crippen LogP contribution in [0.5, 0.6) is 11.5 Å². The number of amides is 1. The van der Waals surface area contributed by atoms with E-state index in [0.29, 0.717) is 15.6 Å². The minimum atomic E-state index is -0.725. The molecular formula is C24H15Br2N3O6. The lowest BCUT2D eigenvalue weighted by atomic mass is 10.1. The van der Waals surface area contributed by atoms with Crippen molar-refractivity contribution in [1.29, 1.82) is 5.26 Å². The third kappa shape index (κ3) is 6.32. The van der Waals surface area contributed by atoms with Gasteiger partial charge in [0, 0.05) is 16.6 Å². The topological polar surface area (TPSA) is 132 Å². The van der Waals surface area contributed by atoms with Gasteiger partial charge in [-0.05, 0) is 73.8 Å². The quantitative estimate of drug-likeness (QED) is 0.0892. The number of hydrogen-bond donors (Lipinski definition) is 1. The number of rotatable bonds is 7. The first-order chi connectivity index (χ1) is 16.7. The lowest BCUT2D eigenvalue weighted by Crippen LogP contribution is -2.14. The first-order valence-corrected chi connectivity index (χ1v) is 11.3. The Morgan fingerprint density at radius 1 is 1.09 bits per heavy atom. The van der Waals surface area contributed by atoms with Gasteiger partial charge in [-0.1, -0.05) is 18.2 Å². The highest BCUT2D eigenvalue weighted by atomic mass is 79.9. The summed E-state index contributed by atoms with van der Waals surface area (Å²) < 4.78 is 11.5. The van der Waals surface area contributed by atoms with Crippen LogP contribution in [0.25, 0.3) is 6.08 Å². The van der Waals surface area contributed by atoms with Gasteiger partial charge >= 0.3 is 5.97 Å². The summed E-state index contributed by atoms with van der Waals surface area (Å²) in [4.78, 5) is 35.4. The van der Waals surface area contributed by atoms with E-state index in [9.17, 15) is 25.0 Å². The van der Waals surface area contributed by atoms with Gasteiger partial charge in [0.05, 0.1) is 27.8 Å². The Morgan fingerprint density at radius 3 is 2.40 bits per heavy atom. The highest BCUT2D eigenvalue weighted by molar-refractivity contribution is 9.11. The van der Waals surface area contributed by atoms with Crippen LogP contribution in [0.2, 0.25) is 0 Å². The SMILES string of the molecule is COc1cc(C=C(C#N)C(=O)Nc2ccc([N+](=O)[O-])cc2Br)cc(Br)c1OC(=O)c1ccccc1. The number of carbonyl (C=O) groups excluding carboxylic acids is 2. The number of nitro groups is 1. The average molecular weight is 601 g/mol. The molecule has 0 spiro atoms. The number of nitrogens with one attached hydrogen (secondary N) is 1. The van der Waals surface area contributed by atoms with Crippen molar-refractivity contribution in [2.45, 2.75) is 0 Å². The molecule has 0 heterocycles.